The van der Waals surface area contributed by atoms with E-state index in [4.69, 9.17) is 5.73 Å². The summed E-state index contributed by atoms with van der Waals surface area (Å²) >= 11 is 0. The van der Waals surface area contributed by atoms with Gasteiger partial charge in [-0.05, 0) is 53.5 Å². The molecule has 2 aromatic carbocycles. The number of nitrogens with zero attached hydrogens (tertiary/aromatic N) is 2. The molecular weight excluding hydrogens is 334 g/mol. The molecule has 2 amide bonds. The van der Waals surface area contributed by atoms with Crippen molar-refractivity contribution in [3.63, 3.8) is 0 Å². The summed E-state index contributed by atoms with van der Waals surface area (Å²) in [5.41, 5.74) is 12.2. The first-order valence-electron chi connectivity index (χ1n) is 10.2. The van der Waals surface area contributed by atoms with Crippen molar-refractivity contribution in [1.29, 1.82) is 0 Å². The summed E-state index contributed by atoms with van der Waals surface area (Å²) in [6.07, 6.45) is 6.36. The second-order valence-electron chi connectivity index (χ2n) is 8.22. The van der Waals surface area contributed by atoms with E-state index in [0.717, 1.165) is 25.4 Å². The minimum absolute atomic E-state index is 0.0602. The topological polar surface area (TPSA) is 49.6 Å². The Balaban J connectivity index is 1.46. The standard InChI is InChI=1S/C23H27N3O/c24-23(27)26-15-19-4-1-2-7-21(19)22(26)18-9-8-16-10-12-25(20-5-3-6-20)13-11-17(16)14-18/h1-2,4,7-9,14,20,22H,3,5-6,10-13,15H2,(H2,24,27). The molecule has 0 aromatic heterocycles. The highest BCUT2D eigenvalue weighted by molar-refractivity contribution is 5.74. The van der Waals surface area contributed by atoms with E-state index in [0.29, 0.717) is 6.54 Å². The molecular formula is C23H27N3O. The van der Waals surface area contributed by atoms with E-state index in [1.54, 1.807) is 4.90 Å². The molecule has 1 saturated carbocycles. The summed E-state index contributed by atoms with van der Waals surface area (Å²) in [4.78, 5) is 16.6. The Bertz CT molecular complexity index is 874. The first-order chi connectivity index (χ1) is 13.2. The van der Waals surface area contributed by atoms with Crippen molar-refractivity contribution in [3.05, 3.63) is 70.3 Å². The van der Waals surface area contributed by atoms with Crippen molar-refractivity contribution >= 4 is 6.03 Å². The van der Waals surface area contributed by atoms with Gasteiger partial charge in [0.05, 0.1) is 6.04 Å². The third-order valence-electron chi connectivity index (χ3n) is 6.76. The zero-order chi connectivity index (χ0) is 18.4. The second-order valence-corrected chi connectivity index (χ2v) is 8.22. The summed E-state index contributed by atoms with van der Waals surface area (Å²) in [6.45, 7) is 2.93. The number of carbonyl (C=O) groups excluding carboxylic acids is 1. The van der Waals surface area contributed by atoms with Gasteiger partial charge in [-0.15, -0.1) is 0 Å². The fourth-order valence-corrected chi connectivity index (χ4v) is 5.00. The Morgan fingerprint density at radius 3 is 2.48 bits per heavy atom. The third-order valence-corrected chi connectivity index (χ3v) is 6.76. The van der Waals surface area contributed by atoms with Crippen LogP contribution in [0.15, 0.2) is 42.5 Å². The van der Waals surface area contributed by atoms with Crippen LogP contribution in [0.5, 0.6) is 0 Å². The zero-order valence-corrected chi connectivity index (χ0v) is 15.7. The lowest BCUT2D eigenvalue weighted by Crippen LogP contribution is -2.41. The highest BCUT2D eigenvalue weighted by Crippen LogP contribution is 2.39. The van der Waals surface area contributed by atoms with Crippen molar-refractivity contribution in [1.82, 2.24) is 9.80 Å². The number of amides is 2. The van der Waals surface area contributed by atoms with E-state index in [-0.39, 0.29) is 12.1 Å². The van der Waals surface area contributed by atoms with Crippen molar-refractivity contribution in [3.8, 4) is 0 Å². The molecule has 1 aliphatic carbocycles. The Kier molecular flexibility index (Phi) is 4.16. The Labute approximate surface area is 161 Å². The molecule has 0 spiro atoms. The molecule has 2 aromatic rings. The lowest BCUT2D eigenvalue weighted by atomic mass is 9.91. The van der Waals surface area contributed by atoms with Crippen LogP contribution in [0.4, 0.5) is 4.79 Å². The van der Waals surface area contributed by atoms with Gasteiger partial charge in [0.1, 0.15) is 0 Å². The molecule has 5 rings (SSSR count). The van der Waals surface area contributed by atoms with Gasteiger partial charge in [0.15, 0.2) is 0 Å². The molecule has 0 bridgehead atoms. The Hall–Kier alpha value is -2.33. The van der Waals surface area contributed by atoms with Gasteiger partial charge in [0.2, 0.25) is 0 Å². The van der Waals surface area contributed by atoms with Crippen molar-refractivity contribution < 1.29 is 4.79 Å². The molecule has 3 aliphatic rings. The number of benzene rings is 2. The Morgan fingerprint density at radius 2 is 1.74 bits per heavy atom. The van der Waals surface area contributed by atoms with Gasteiger partial charge >= 0.3 is 6.03 Å². The molecule has 2 N–H and O–H groups in total. The summed E-state index contributed by atoms with van der Waals surface area (Å²) < 4.78 is 0. The van der Waals surface area contributed by atoms with Crippen LogP contribution >= 0.6 is 0 Å². The highest BCUT2D eigenvalue weighted by atomic mass is 16.2. The fraction of sp³-hybridized carbons (Fsp3) is 0.435. The molecule has 1 atom stereocenters. The second kappa shape index (κ2) is 6.68. The summed E-state index contributed by atoms with van der Waals surface area (Å²) in [7, 11) is 0. The van der Waals surface area contributed by atoms with Gasteiger partial charge in [-0.3, -0.25) is 4.90 Å². The monoisotopic (exact) mass is 361 g/mol. The summed E-state index contributed by atoms with van der Waals surface area (Å²) in [5.74, 6) is 0. The molecule has 27 heavy (non-hydrogen) atoms. The molecule has 2 aliphatic heterocycles. The van der Waals surface area contributed by atoms with Crippen LogP contribution in [0.2, 0.25) is 0 Å². The van der Waals surface area contributed by atoms with E-state index < -0.39 is 0 Å². The van der Waals surface area contributed by atoms with Crippen molar-refractivity contribution in [2.24, 2.45) is 5.73 Å². The van der Waals surface area contributed by atoms with E-state index >= 15 is 0 Å². The zero-order valence-electron chi connectivity index (χ0n) is 15.7. The van der Waals surface area contributed by atoms with Crippen LogP contribution in [0, 0.1) is 0 Å². The number of rotatable bonds is 2. The number of hydrogen-bond acceptors (Lipinski definition) is 2. The maximum Gasteiger partial charge on any atom is 0.315 e. The molecule has 2 heterocycles. The maximum absolute atomic E-state index is 12.1. The van der Waals surface area contributed by atoms with Crippen LogP contribution in [0.3, 0.4) is 0 Å². The fourth-order valence-electron chi connectivity index (χ4n) is 5.00. The molecule has 1 unspecified atom stereocenters. The van der Waals surface area contributed by atoms with Gasteiger partial charge in [0.25, 0.3) is 0 Å². The van der Waals surface area contributed by atoms with Gasteiger partial charge in [-0.2, -0.15) is 0 Å². The first kappa shape index (κ1) is 16.8. The number of carbonyl (C=O) groups is 1. The largest absolute Gasteiger partial charge is 0.351 e. The van der Waals surface area contributed by atoms with Gasteiger partial charge in [-0.1, -0.05) is 48.9 Å². The molecule has 4 heteroatoms. The third kappa shape index (κ3) is 2.92. The maximum atomic E-state index is 12.1. The van der Waals surface area contributed by atoms with Crippen LogP contribution < -0.4 is 5.73 Å². The van der Waals surface area contributed by atoms with Gasteiger partial charge in [0, 0.05) is 25.7 Å². The smallest absolute Gasteiger partial charge is 0.315 e. The lowest BCUT2D eigenvalue weighted by molar-refractivity contribution is 0.133. The minimum atomic E-state index is -0.345. The van der Waals surface area contributed by atoms with Crippen molar-refractivity contribution in [2.75, 3.05) is 13.1 Å². The van der Waals surface area contributed by atoms with E-state index in [9.17, 15) is 4.79 Å². The lowest BCUT2D eigenvalue weighted by Gasteiger charge is -2.36. The number of primary amides is 1. The van der Waals surface area contributed by atoms with Crippen LogP contribution in [-0.2, 0) is 19.4 Å². The molecule has 1 fully saturated rings. The molecule has 0 radical (unpaired) electrons. The van der Waals surface area contributed by atoms with Crippen LogP contribution in [-0.4, -0.2) is 35.0 Å². The van der Waals surface area contributed by atoms with E-state index in [1.165, 1.54) is 53.6 Å². The summed E-state index contributed by atoms with van der Waals surface area (Å²) in [5, 5.41) is 0. The van der Waals surface area contributed by atoms with Crippen LogP contribution in [0.1, 0.15) is 53.1 Å². The molecule has 0 saturated heterocycles. The molecule has 140 valence electrons. The van der Waals surface area contributed by atoms with E-state index in [1.807, 2.05) is 6.07 Å². The molecule has 4 nitrogen and oxygen atoms in total. The summed E-state index contributed by atoms with van der Waals surface area (Å²) in [6, 6.07) is 15.6. The SMILES string of the molecule is NC(=O)N1Cc2ccccc2C1c1ccc2c(c1)CCN(C1CCC1)CC2. The predicted octanol–water partition coefficient (Wildman–Crippen LogP) is 3.62. The number of hydrogen-bond donors (Lipinski definition) is 1. The van der Waals surface area contributed by atoms with Gasteiger partial charge in [-0.25, -0.2) is 4.79 Å². The number of urea groups is 1. The van der Waals surface area contributed by atoms with E-state index in [2.05, 4.69) is 41.3 Å². The average molecular weight is 361 g/mol. The minimum Gasteiger partial charge on any atom is -0.351 e. The average Bonchev–Trinajstić information content (AvgIpc) is 2.91. The quantitative estimate of drug-likeness (QED) is 0.888. The van der Waals surface area contributed by atoms with Crippen molar-refractivity contribution in [2.45, 2.75) is 50.7 Å². The number of fused-ring (bicyclic) bond motifs is 2. The normalized spacial score (nSPS) is 22.7. The highest BCUT2D eigenvalue weighted by Gasteiger charge is 2.34. The number of nitrogens with two attached hydrogens (primary N) is 1. The Morgan fingerprint density at radius 1 is 0.963 bits per heavy atom. The van der Waals surface area contributed by atoms with Gasteiger partial charge < -0.3 is 10.6 Å². The predicted molar refractivity (Wildman–Crippen MR) is 106 cm³/mol. The first-order valence-corrected chi connectivity index (χ1v) is 10.2. The van der Waals surface area contributed by atoms with Crippen LogP contribution in [0.25, 0.3) is 0 Å².